The minimum atomic E-state index is -3.63. The quantitative estimate of drug-likeness (QED) is 0.759. The Morgan fingerprint density at radius 3 is 2.45 bits per heavy atom. The molecule has 0 fully saturated rings. The summed E-state index contributed by atoms with van der Waals surface area (Å²) in [6, 6.07) is 10.2. The van der Waals surface area contributed by atoms with E-state index >= 15 is 0 Å². The second-order valence-corrected chi connectivity index (χ2v) is 7.35. The van der Waals surface area contributed by atoms with Crippen LogP contribution in [0, 0.1) is 13.8 Å². The zero-order chi connectivity index (χ0) is 16.1. The molecule has 0 aliphatic carbocycles. The summed E-state index contributed by atoms with van der Waals surface area (Å²) in [5, 5.41) is 0. The van der Waals surface area contributed by atoms with Crippen molar-refractivity contribution in [2.45, 2.75) is 29.6 Å². The molecular formula is C17H16O4S. The third-order valence-electron chi connectivity index (χ3n) is 3.98. The van der Waals surface area contributed by atoms with Crippen molar-refractivity contribution in [3.8, 4) is 0 Å². The molecule has 1 unspecified atom stereocenters. The first kappa shape index (κ1) is 14.8. The standard InChI is InChI=1S/C17H16O4S/c1-10-8-11(2)16-13(9-10)15(17(18)21-3)12-6-4-5-7-14(12)22(16,19)20/h4-9,15H,1-3H3. The molecule has 1 aliphatic rings. The Balaban J connectivity index is 2.45. The molecule has 0 aromatic heterocycles. The predicted octanol–water partition coefficient (Wildman–Crippen LogP) is 2.75. The molecule has 114 valence electrons. The van der Waals surface area contributed by atoms with Gasteiger partial charge in [-0.2, -0.15) is 0 Å². The molecule has 5 heteroatoms. The lowest BCUT2D eigenvalue weighted by Crippen LogP contribution is -2.26. The van der Waals surface area contributed by atoms with Crippen molar-refractivity contribution in [2.24, 2.45) is 0 Å². The van der Waals surface area contributed by atoms with Gasteiger partial charge in [-0.05, 0) is 36.6 Å². The average molecular weight is 316 g/mol. The summed E-state index contributed by atoms with van der Waals surface area (Å²) in [6.07, 6.45) is 0. The van der Waals surface area contributed by atoms with Gasteiger partial charge in [0.2, 0.25) is 9.84 Å². The minimum absolute atomic E-state index is 0.185. The number of benzene rings is 2. The molecule has 22 heavy (non-hydrogen) atoms. The minimum Gasteiger partial charge on any atom is -0.468 e. The molecule has 2 aromatic carbocycles. The van der Waals surface area contributed by atoms with E-state index in [1.807, 2.05) is 13.0 Å². The number of hydrogen-bond donors (Lipinski definition) is 0. The maximum atomic E-state index is 12.9. The van der Waals surface area contributed by atoms with E-state index in [1.165, 1.54) is 7.11 Å². The van der Waals surface area contributed by atoms with Crippen LogP contribution in [0.4, 0.5) is 0 Å². The number of fused-ring (bicyclic) bond motifs is 2. The van der Waals surface area contributed by atoms with Crippen molar-refractivity contribution in [1.82, 2.24) is 0 Å². The van der Waals surface area contributed by atoms with Gasteiger partial charge in [-0.1, -0.05) is 35.9 Å². The van der Waals surface area contributed by atoms with Gasteiger partial charge in [0.15, 0.2) is 0 Å². The molecular weight excluding hydrogens is 300 g/mol. The van der Waals surface area contributed by atoms with Crippen LogP contribution in [0.3, 0.4) is 0 Å². The Morgan fingerprint density at radius 1 is 1.09 bits per heavy atom. The summed E-state index contributed by atoms with van der Waals surface area (Å²) in [5.74, 6) is -1.16. The third-order valence-corrected chi connectivity index (χ3v) is 6.03. The number of carbonyl (C=O) groups excluding carboxylic acids is 1. The highest BCUT2D eigenvalue weighted by atomic mass is 32.2. The molecule has 1 aliphatic heterocycles. The Bertz CT molecular complexity index is 882. The monoisotopic (exact) mass is 316 g/mol. The first-order chi connectivity index (χ1) is 10.4. The number of hydrogen-bond acceptors (Lipinski definition) is 4. The van der Waals surface area contributed by atoms with Crippen molar-refractivity contribution in [3.63, 3.8) is 0 Å². The number of ether oxygens (including phenoxy) is 1. The van der Waals surface area contributed by atoms with Crippen molar-refractivity contribution in [2.75, 3.05) is 7.11 Å². The van der Waals surface area contributed by atoms with Gasteiger partial charge >= 0.3 is 5.97 Å². The Labute approximate surface area is 129 Å². The highest BCUT2D eigenvalue weighted by Gasteiger charge is 2.40. The Hall–Kier alpha value is -2.14. The van der Waals surface area contributed by atoms with E-state index in [9.17, 15) is 13.2 Å². The van der Waals surface area contributed by atoms with E-state index in [2.05, 4.69) is 0 Å². The fourth-order valence-electron chi connectivity index (χ4n) is 3.18. The lowest BCUT2D eigenvalue weighted by molar-refractivity contribution is -0.141. The number of carbonyl (C=O) groups is 1. The van der Waals surface area contributed by atoms with Crippen LogP contribution in [0.15, 0.2) is 46.2 Å². The van der Waals surface area contributed by atoms with Crippen LogP contribution < -0.4 is 0 Å². The maximum Gasteiger partial charge on any atom is 0.317 e. The molecule has 0 spiro atoms. The summed E-state index contributed by atoms with van der Waals surface area (Å²) in [7, 11) is -2.32. The van der Waals surface area contributed by atoms with Crippen LogP contribution >= 0.6 is 0 Å². The molecule has 4 nitrogen and oxygen atoms in total. The molecule has 0 saturated carbocycles. The van der Waals surface area contributed by atoms with E-state index in [0.29, 0.717) is 16.7 Å². The van der Waals surface area contributed by atoms with Crippen LogP contribution in [0.25, 0.3) is 0 Å². The van der Waals surface area contributed by atoms with E-state index in [1.54, 1.807) is 37.3 Å². The van der Waals surface area contributed by atoms with Crippen molar-refractivity contribution in [1.29, 1.82) is 0 Å². The molecule has 1 atom stereocenters. The molecule has 0 N–H and O–H groups in total. The third kappa shape index (κ3) is 1.96. The highest BCUT2D eigenvalue weighted by molar-refractivity contribution is 7.91. The Morgan fingerprint density at radius 2 is 1.77 bits per heavy atom. The van der Waals surface area contributed by atoms with Crippen LogP contribution in [-0.4, -0.2) is 21.5 Å². The van der Waals surface area contributed by atoms with Gasteiger partial charge in [0.05, 0.1) is 16.9 Å². The van der Waals surface area contributed by atoms with Gasteiger partial charge in [0.1, 0.15) is 5.92 Å². The van der Waals surface area contributed by atoms with Gasteiger partial charge in [-0.3, -0.25) is 4.79 Å². The van der Waals surface area contributed by atoms with Crippen molar-refractivity contribution in [3.05, 3.63) is 58.7 Å². The average Bonchev–Trinajstić information content (AvgIpc) is 2.46. The van der Waals surface area contributed by atoms with Crippen LogP contribution in [-0.2, 0) is 19.4 Å². The SMILES string of the molecule is COC(=O)C1c2ccccc2S(=O)(=O)c2c(C)cc(C)cc21. The first-order valence-electron chi connectivity index (χ1n) is 6.91. The smallest absolute Gasteiger partial charge is 0.317 e. The van der Waals surface area contributed by atoms with Crippen LogP contribution in [0.5, 0.6) is 0 Å². The molecule has 0 saturated heterocycles. The fourth-order valence-corrected chi connectivity index (χ4v) is 5.13. The maximum absolute atomic E-state index is 12.9. The fraction of sp³-hybridized carbons (Fsp3) is 0.235. The second-order valence-electron chi connectivity index (χ2n) is 5.50. The van der Waals surface area contributed by atoms with E-state index < -0.39 is 21.7 Å². The number of methoxy groups -OCH3 is 1. The lowest BCUT2D eigenvalue weighted by Gasteiger charge is -2.28. The normalized spacial score (nSPS) is 18.2. The van der Waals surface area contributed by atoms with Gasteiger partial charge < -0.3 is 4.74 Å². The van der Waals surface area contributed by atoms with Crippen LogP contribution in [0.1, 0.15) is 28.2 Å². The summed E-state index contributed by atoms with van der Waals surface area (Å²) in [5.41, 5.74) is 2.55. The second kappa shape index (κ2) is 4.95. The number of aryl methyl sites for hydroxylation is 2. The molecule has 0 bridgehead atoms. The summed E-state index contributed by atoms with van der Waals surface area (Å²) < 4.78 is 30.8. The van der Waals surface area contributed by atoms with Gasteiger partial charge in [0, 0.05) is 0 Å². The van der Waals surface area contributed by atoms with Crippen molar-refractivity contribution < 1.29 is 17.9 Å². The summed E-state index contributed by atoms with van der Waals surface area (Å²) >= 11 is 0. The predicted molar refractivity (Wildman–Crippen MR) is 81.7 cm³/mol. The van der Waals surface area contributed by atoms with Gasteiger partial charge in [-0.15, -0.1) is 0 Å². The largest absolute Gasteiger partial charge is 0.468 e. The van der Waals surface area contributed by atoms with E-state index in [0.717, 1.165) is 5.56 Å². The topological polar surface area (TPSA) is 60.4 Å². The summed E-state index contributed by atoms with van der Waals surface area (Å²) in [4.78, 5) is 12.7. The lowest BCUT2D eigenvalue weighted by atomic mass is 9.88. The van der Waals surface area contributed by atoms with Crippen LogP contribution in [0.2, 0.25) is 0 Å². The zero-order valence-corrected chi connectivity index (χ0v) is 13.4. The molecule has 0 radical (unpaired) electrons. The van der Waals surface area contributed by atoms with Crippen molar-refractivity contribution >= 4 is 15.8 Å². The van der Waals surface area contributed by atoms with E-state index in [4.69, 9.17) is 4.74 Å². The van der Waals surface area contributed by atoms with Gasteiger partial charge in [-0.25, -0.2) is 8.42 Å². The number of rotatable bonds is 1. The summed E-state index contributed by atoms with van der Waals surface area (Å²) in [6.45, 7) is 3.64. The Kier molecular flexibility index (Phi) is 3.33. The van der Waals surface area contributed by atoms with Gasteiger partial charge in [0.25, 0.3) is 0 Å². The molecule has 2 aromatic rings. The van der Waals surface area contributed by atoms with E-state index in [-0.39, 0.29) is 9.79 Å². The first-order valence-corrected chi connectivity index (χ1v) is 8.39. The zero-order valence-electron chi connectivity index (χ0n) is 12.6. The number of esters is 1. The molecule has 3 rings (SSSR count). The highest BCUT2D eigenvalue weighted by Crippen LogP contribution is 2.44. The molecule has 1 heterocycles. The molecule has 0 amide bonds. The number of sulfone groups is 1.